The topological polar surface area (TPSA) is 44.1 Å². The Bertz CT molecular complexity index is 836. The lowest BCUT2D eigenvalue weighted by Gasteiger charge is -2.10. The van der Waals surface area contributed by atoms with Crippen molar-refractivity contribution in [2.24, 2.45) is 0 Å². The molecule has 4 heteroatoms. The molecular formula is C17H16N2O2. The third-order valence-corrected chi connectivity index (χ3v) is 3.50. The van der Waals surface area contributed by atoms with Crippen molar-refractivity contribution in [1.82, 2.24) is 9.55 Å². The summed E-state index contributed by atoms with van der Waals surface area (Å²) in [5.41, 5.74) is 3.75. The van der Waals surface area contributed by atoms with Gasteiger partial charge in [0.15, 0.2) is 0 Å². The van der Waals surface area contributed by atoms with E-state index in [4.69, 9.17) is 4.74 Å². The molecule has 0 aliphatic heterocycles. The van der Waals surface area contributed by atoms with Crippen LogP contribution < -0.4 is 10.3 Å². The lowest BCUT2D eigenvalue weighted by atomic mass is 10.2. The van der Waals surface area contributed by atoms with Crippen LogP contribution in [-0.4, -0.2) is 16.7 Å². The zero-order valence-corrected chi connectivity index (χ0v) is 12.0. The predicted molar refractivity (Wildman–Crippen MR) is 82.8 cm³/mol. The normalized spacial score (nSPS) is 10.8. The quantitative estimate of drug-likeness (QED) is 0.741. The number of rotatable bonds is 3. The molecule has 0 amide bonds. The largest absolute Gasteiger partial charge is 0.497 e. The van der Waals surface area contributed by atoms with Crippen LogP contribution in [0.1, 0.15) is 11.1 Å². The fourth-order valence-electron chi connectivity index (χ4n) is 2.35. The van der Waals surface area contributed by atoms with Gasteiger partial charge in [-0.2, -0.15) is 0 Å². The zero-order chi connectivity index (χ0) is 14.8. The minimum absolute atomic E-state index is 0.0936. The molecule has 106 valence electrons. The van der Waals surface area contributed by atoms with Crippen LogP contribution in [0.4, 0.5) is 0 Å². The molecule has 2 aromatic carbocycles. The summed E-state index contributed by atoms with van der Waals surface area (Å²) in [6.07, 6.45) is 1.38. The second-order valence-corrected chi connectivity index (χ2v) is 5.02. The first kappa shape index (κ1) is 13.4. The zero-order valence-electron chi connectivity index (χ0n) is 12.0. The van der Waals surface area contributed by atoms with E-state index in [9.17, 15) is 4.79 Å². The summed E-state index contributed by atoms with van der Waals surface area (Å²) >= 11 is 0. The number of fused-ring (bicyclic) bond motifs is 1. The molecule has 3 rings (SSSR count). The average molecular weight is 280 g/mol. The minimum atomic E-state index is -0.0936. The van der Waals surface area contributed by atoms with Crippen molar-refractivity contribution in [1.29, 1.82) is 0 Å². The number of ether oxygens (including phenoxy) is 1. The van der Waals surface area contributed by atoms with Crippen LogP contribution in [0.5, 0.6) is 5.75 Å². The van der Waals surface area contributed by atoms with Crippen molar-refractivity contribution in [3.63, 3.8) is 0 Å². The Balaban J connectivity index is 2.08. The van der Waals surface area contributed by atoms with Crippen LogP contribution >= 0.6 is 0 Å². The lowest BCUT2D eigenvalue weighted by Crippen LogP contribution is -2.21. The summed E-state index contributed by atoms with van der Waals surface area (Å²) in [4.78, 5) is 16.3. The monoisotopic (exact) mass is 280 g/mol. The number of nitrogens with zero attached hydrogens (tertiary/aromatic N) is 2. The van der Waals surface area contributed by atoms with Crippen LogP contribution in [-0.2, 0) is 6.54 Å². The van der Waals surface area contributed by atoms with Gasteiger partial charge in [-0.05, 0) is 42.3 Å². The van der Waals surface area contributed by atoms with Gasteiger partial charge in [0.1, 0.15) is 5.75 Å². The van der Waals surface area contributed by atoms with Crippen LogP contribution in [0.15, 0.2) is 53.5 Å². The highest BCUT2D eigenvalue weighted by atomic mass is 16.5. The third-order valence-electron chi connectivity index (χ3n) is 3.50. The Morgan fingerprint density at radius 3 is 2.62 bits per heavy atom. The molecule has 0 N–H and O–H groups in total. The highest BCUT2D eigenvalue weighted by molar-refractivity contribution is 5.75. The molecule has 0 saturated heterocycles. The van der Waals surface area contributed by atoms with Crippen LogP contribution in [0.3, 0.4) is 0 Å². The van der Waals surface area contributed by atoms with Gasteiger partial charge in [0.25, 0.3) is 5.56 Å². The highest BCUT2D eigenvalue weighted by Crippen LogP contribution is 2.15. The average Bonchev–Trinajstić information content (AvgIpc) is 2.51. The van der Waals surface area contributed by atoms with E-state index in [1.165, 1.54) is 6.20 Å². The Morgan fingerprint density at radius 1 is 1.14 bits per heavy atom. The van der Waals surface area contributed by atoms with Gasteiger partial charge in [0.2, 0.25) is 0 Å². The lowest BCUT2D eigenvalue weighted by molar-refractivity contribution is 0.414. The van der Waals surface area contributed by atoms with E-state index in [1.807, 2.05) is 49.4 Å². The Morgan fingerprint density at radius 2 is 1.90 bits per heavy atom. The van der Waals surface area contributed by atoms with Crippen molar-refractivity contribution < 1.29 is 4.74 Å². The first-order valence-electron chi connectivity index (χ1n) is 6.76. The summed E-state index contributed by atoms with van der Waals surface area (Å²) in [5, 5.41) is 0. The molecule has 0 bridgehead atoms. The number of aromatic nitrogens is 2. The summed E-state index contributed by atoms with van der Waals surface area (Å²) in [6.45, 7) is 2.53. The second kappa shape index (κ2) is 5.40. The van der Waals surface area contributed by atoms with E-state index < -0.39 is 0 Å². The molecule has 0 spiro atoms. The van der Waals surface area contributed by atoms with E-state index in [2.05, 4.69) is 4.98 Å². The van der Waals surface area contributed by atoms with Gasteiger partial charge in [-0.25, -0.2) is 4.98 Å². The standard InChI is InChI=1S/C17H16N2O2/c1-12-3-8-15-16(9-12)19(17(20)10-18-15)11-13-4-6-14(21-2)7-5-13/h3-10H,11H2,1-2H3. The van der Waals surface area contributed by atoms with Gasteiger partial charge in [-0.1, -0.05) is 18.2 Å². The molecule has 0 radical (unpaired) electrons. The van der Waals surface area contributed by atoms with E-state index in [1.54, 1.807) is 11.7 Å². The van der Waals surface area contributed by atoms with Gasteiger partial charge in [0.05, 0.1) is 30.9 Å². The minimum Gasteiger partial charge on any atom is -0.497 e. The van der Waals surface area contributed by atoms with Crippen LogP contribution in [0.25, 0.3) is 11.0 Å². The van der Waals surface area contributed by atoms with Crippen LogP contribution in [0, 0.1) is 6.92 Å². The maximum absolute atomic E-state index is 12.1. The number of methoxy groups -OCH3 is 1. The van der Waals surface area contributed by atoms with E-state index in [0.717, 1.165) is 27.9 Å². The fourth-order valence-corrected chi connectivity index (χ4v) is 2.35. The number of aryl methyl sites for hydroxylation is 1. The van der Waals surface area contributed by atoms with Gasteiger partial charge in [0, 0.05) is 0 Å². The van der Waals surface area contributed by atoms with E-state index in [0.29, 0.717) is 6.54 Å². The first-order valence-corrected chi connectivity index (χ1v) is 6.76. The smallest absolute Gasteiger partial charge is 0.269 e. The summed E-state index contributed by atoms with van der Waals surface area (Å²) in [7, 11) is 1.64. The molecule has 0 aliphatic carbocycles. The van der Waals surface area contributed by atoms with Crippen molar-refractivity contribution in [2.45, 2.75) is 13.5 Å². The predicted octanol–water partition coefficient (Wildman–Crippen LogP) is 2.76. The highest BCUT2D eigenvalue weighted by Gasteiger charge is 2.05. The van der Waals surface area contributed by atoms with Crippen molar-refractivity contribution in [3.8, 4) is 5.75 Å². The molecule has 0 atom stereocenters. The van der Waals surface area contributed by atoms with Crippen molar-refractivity contribution in [2.75, 3.05) is 7.11 Å². The molecule has 0 fully saturated rings. The molecule has 1 heterocycles. The number of benzene rings is 2. The van der Waals surface area contributed by atoms with E-state index in [-0.39, 0.29) is 5.56 Å². The summed E-state index contributed by atoms with van der Waals surface area (Å²) in [5.74, 6) is 0.807. The maximum Gasteiger partial charge on any atom is 0.269 e. The summed E-state index contributed by atoms with van der Waals surface area (Å²) < 4.78 is 6.90. The maximum atomic E-state index is 12.1. The van der Waals surface area contributed by atoms with Gasteiger partial charge in [-0.3, -0.25) is 4.79 Å². The first-order chi connectivity index (χ1) is 10.2. The third kappa shape index (κ3) is 2.65. The fraction of sp³-hybridized carbons (Fsp3) is 0.176. The van der Waals surface area contributed by atoms with Gasteiger partial charge >= 0.3 is 0 Å². The molecule has 0 aliphatic rings. The molecule has 1 aromatic heterocycles. The van der Waals surface area contributed by atoms with E-state index >= 15 is 0 Å². The number of hydrogen-bond acceptors (Lipinski definition) is 3. The Hall–Kier alpha value is -2.62. The molecule has 0 saturated carbocycles. The molecule has 21 heavy (non-hydrogen) atoms. The van der Waals surface area contributed by atoms with Crippen LogP contribution in [0.2, 0.25) is 0 Å². The molecular weight excluding hydrogens is 264 g/mol. The van der Waals surface area contributed by atoms with Crippen molar-refractivity contribution in [3.05, 3.63) is 70.1 Å². The molecule has 3 aromatic rings. The Kier molecular flexibility index (Phi) is 3.44. The SMILES string of the molecule is COc1ccc(Cn2c(=O)cnc3ccc(C)cc32)cc1. The molecule has 0 unspecified atom stereocenters. The molecule has 4 nitrogen and oxygen atoms in total. The Labute approximate surface area is 122 Å². The van der Waals surface area contributed by atoms with Crippen molar-refractivity contribution >= 4 is 11.0 Å². The summed E-state index contributed by atoms with van der Waals surface area (Å²) in [6, 6.07) is 13.7. The van der Waals surface area contributed by atoms with Gasteiger partial charge < -0.3 is 9.30 Å². The second-order valence-electron chi connectivity index (χ2n) is 5.02. The number of hydrogen-bond donors (Lipinski definition) is 0. The van der Waals surface area contributed by atoms with Gasteiger partial charge in [-0.15, -0.1) is 0 Å².